The van der Waals surface area contributed by atoms with E-state index < -0.39 is 0 Å². The van der Waals surface area contributed by atoms with Crippen LogP contribution in [0.4, 0.5) is 0 Å². The summed E-state index contributed by atoms with van der Waals surface area (Å²) < 4.78 is 6.32. The van der Waals surface area contributed by atoms with E-state index in [0.717, 1.165) is 51.3 Å². The van der Waals surface area contributed by atoms with Crippen LogP contribution in [-0.2, 0) is 0 Å². The van der Waals surface area contributed by atoms with Crippen molar-refractivity contribution in [1.82, 2.24) is 15.1 Å². The van der Waals surface area contributed by atoms with Gasteiger partial charge in [-0.1, -0.05) is 67.1 Å². The first-order valence-electron chi connectivity index (χ1n) is 14.8. The van der Waals surface area contributed by atoms with Gasteiger partial charge in [-0.05, 0) is 74.5 Å². The van der Waals surface area contributed by atoms with Crippen molar-refractivity contribution in [2.45, 2.75) is 57.1 Å². The van der Waals surface area contributed by atoms with Crippen LogP contribution in [0.3, 0.4) is 0 Å². The fraction of sp³-hybridized carbons (Fsp3) is 0.441. The number of piperidine rings is 2. The molecule has 5 nitrogen and oxygen atoms in total. The highest BCUT2D eigenvalue weighted by atomic mass is 16.5. The maximum atomic E-state index is 12.6. The predicted octanol–water partition coefficient (Wildman–Crippen LogP) is 5.97. The minimum atomic E-state index is -0.00842. The molecule has 5 rings (SSSR count). The molecule has 0 aliphatic carbocycles. The Morgan fingerprint density at radius 3 is 2.10 bits per heavy atom. The van der Waals surface area contributed by atoms with E-state index >= 15 is 0 Å². The SMILES string of the molecule is CC1CCCCN1CCNC(=O)c1ccc(OC2CCN(CC(c3ccccc3)c3ccccc3)CC2)cc1. The van der Waals surface area contributed by atoms with Crippen molar-refractivity contribution < 1.29 is 9.53 Å². The van der Waals surface area contributed by atoms with Crippen LogP contribution in [0.15, 0.2) is 84.9 Å². The average Bonchev–Trinajstić information content (AvgIpc) is 2.99. The highest BCUT2D eigenvalue weighted by Gasteiger charge is 2.24. The zero-order valence-corrected chi connectivity index (χ0v) is 23.3. The minimum Gasteiger partial charge on any atom is -0.490 e. The van der Waals surface area contributed by atoms with Crippen LogP contribution in [0.2, 0.25) is 0 Å². The molecule has 3 aromatic rings. The number of hydrogen-bond acceptors (Lipinski definition) is 4. The largest absolute Gasteiger partial charge is 0.490 e. The van der Waals surface area contributed by atoms with Crippen molar-refractivity contribution in [1.29, 1.82) is 0 Å². The predicted molar refractivity (Wildman–Crippen MR) is 158 cm³/mol. The Bertz CT molecular complexity index is 1100. The first-order valence-corrected chi connectivity index (χ1v) is 14.8. The van der Waals surface area contributed by atoms with E-state index in [2.05, 4.69) is 82.7 Å². The van der Waals surface area contributed by atoms with Gasteiger partial charge in [0.15, 0.2) is 0 Å². The standard InChI is InChI=1S/C34H43N3O2/c1-27-10-8-9-22-37(27)25-21-35-34(38)30-15-17-31(18-16-30)39-32-19-23-36(24-20-32)26-33(28-11-4-2-5-12-28)29-13-6-3-7-14-29/h2-7,11-18,27,32-33H,8-10,19-26H2,1H3,(H,35,38). The van der Waals surface area contributed by atoms with Gasteiger partial charge in [0.1, 0.15) is 11.9 Å². The monoisotopic (exact) mass is 525 g/mol. The quantitative estimate of drug-likeness (QED) is 0.354. The van der Waals surface area contributed by atoms with Gasteiger partial charge < -0.3 is 15.0 Å². The molecule has 1 atom stereocenters. The van der Waals surface area contributed by atoms with E-state index in [4.69, 9.17) is 4.74 Å². The highest BCUT2D eigenvalue weighted by Crippen LogP contribution is 2.28. The van der Waals surface area contributed by atoms with Crippen molar-refractivity contribution in [3.63, 3.8) is 0 Å². The Balaban J connectivity index is 1.07. The number of ether oxygens (including phenoxy) is 1. The van der Waals surface area contributed by atoms with Crippen molar-refractivity contribution in [3.8, 4) is 5.75 Å². The van der Waals surface area contributed by atoms with Crippen molar-refractivity contribution in [2.24, 2.45) is 0 Å². The van der Waals surface area contributed by atoms with Crippen LogP contribution in [-0.4, -0.2) is 67.1 Å². The van der Waals surface area contributed by atoms with E-state index in [1.807, 2.05) is 24.3 Å². The number of carbonyl (C=O) groups excluding carboxylic acids is 1. The molecule has 3 aromatic carbocycles. The lowest BCUT2D eigenvalue weighted by Gasteiger charge is -2.34. The number of amides is 1. The molecule has 206 valence electrons. The summed E-state index contributed by atoms with van der Waals surface area (Å²) in [5.74, 6) is 1.20. The summed E-state index contributed by atoms with van der Waals surface area (Å²) in [5, 5.41) is 3.08. The van der Waals surface area contributed by atoms with Gasteiger partial charge in [0.25, 0.3) is 5.91 Å². The van der Waals surface area contributed by atoms with Crippen LogP contribution in [0.1, 0.15) is 66.4 Å². The number of benzene rings is 3. The Morgan fingerprint density at radius 2 is 1.49 bits per heavy atom. The molecule has 0 spiro atoms. The van der Waals surface area contributed by atoms with Gasteiger partial charge in [-0.15, -0.1) is 0 Å². The lowest BCUT2D eigenvalue weighted by atomic mass is 9.90. The molecular weight excluding hydrogens is 482 g/mol. The summed E-state index contributed by atoms with van der Waals surface area (Å²) in [6, 6.07) is 29.9. The molecule has 1 amide bonds. The van der Waals surface area contributed by atoms with Crippen LogP contribution < -0.4 is 10.1 Å². The van der Waals surface area contributed by atoms with Crippen LogP contribution in [0.25, 0.3) is 0 Å². The van der Waals surface area contributed by atoms with E-state index in [1.165, 1.54) is 30.4 Å². The number of nitrogens with zero attached hydrogens (tertiary/aromatic N) is 2. The van der Waals surface area contributed by atoms with E-state index in [0.29, 0.717) is 24.1 Å². The van der Waals surface area contributed by atoms with Crippen molar-refractivity contribution in [3.05, 3.63) is 102 Å². The fourth-order valence-corrected chi connectivity index (χ4v) is 6.02. The van der Waals surface area contributed by atoms with Crippen LogP contribution >= 0.6 is 0 Å². The molecule has 5 heteroatoms. The lowest BCUT2D eigenvalue weighted by Crippen LogP contribution is -2.42. The molecule has 1 unspecified atom stereocenters. The normalized spacial score (nSPS) is 19.2. The second-order valence-electron chi connectivity index (χ2n) is 11.2. The van der Waals surface area contributed by atoms with E-state index in [1.54, 1.807) is 0 Å². The van der Waals surface area contributed by atoms with Gasteiger partial charge in [-0.25, -0.2) is 0 Å². The number of nitrogens with one attached hydrogen (secondary N) is 1. The molecule has 2 aliphatic heterocycles. The van der Waals surface area contributed by atoms with Gasteiger partial charge >= 0.3 is 0 Å². The zero-order chi connectivity index (χ0) is 26.9. The lowest BCUT2D eigenvalue weighted by molar-refractivity contribution is 0.0937. The van der Waals surface area contributed by atoms with Crippen molar-refractivity contribution in [2.75, 3.05) is 39.3 Å². The maximum Gasteiger partial charge on any atom is 0.251 e. The van der Waals surface area contributed by atoms with Crippen LogP contribution in [0.5, 0.6) is 5.75 Å². The number of carbonyl (C=O) groups is 1. The molecule has 2 saturated heterocycles. The summed E-state index contributed by atoms with van der Waals surface area (Å²) in [6.45, 7) is 8.10. The van der Waals surface area contributed by atoms with Gasteiger partial charge in [0.05, 0.1) is 0 Å². The summed E-state index contributed by atoms with van der Waals surface area (Å²) in [7, 11) is 0. The Kier molecular flexibility index (Phi) is 9.68. The Labute approximate surface area is 234 Å². The van der Waals surface area contributed by atoms with Gasteiger partial charge in [-0.2, -0.15) is 0 Å². The van der Waals surface area contributed by atoms with Gasteiger partial charge in [0.2, 0.25) is 0 Å². The van der Waals surface area contributed by atoms with Crippen LogP contribution in [0, 0.1) is 0 Å². The van der Waals surface area contributed by atoms with E-state index in [9.17, 15) is 4.79 Å². The third kappa shape index (κ3) is 7.71. The molecule has 0 bridgehead atoms. The number of hydrogen-bond donors (Lipinski definition) is 1. The van der Waals surface area contributed by atoms with Crippen molar-refractivity contribution >= 4 is 5.91 Å². The second kappa shape index (κ2) is 13.8. The average molecular weight is 526 g/mol. The van der Waals surface area contributed by atoms with Gasteiger partial charge in [-0.3, -0.25) is 9.69 Å². The third-order valence-electron chi connectivity index (χ3n) is 8.42. The second-order valence-corrected chi connectivity index (χ2v) is 11.2. The fourth-order valence-electron chi connectivity index (χ4n) is 6.02. The molecule has 2 fully saturated rings. The summed E-state index contributed by atoms with van der Waals surface area (Å²) in [4.78, 5) is 17.7. The summed E-state index contributed by atoms with van der Waals surface area (Å²) in [6.07, 6.45) is 6.07. The Hall–Kier alpha value is -3.15. The third-order valence-corrected chi connectivity index (χ3v) is 8.42. The number of likely N-dealkylation sites (tertiary alicyclic amines) is 2. The zero-order valence-electron chi connectivity index (χ0n) is 23.3. The summed E-state index contributed by atoms with van der Waals surface area (Å²) >= 11 is 0. The molecule has 0 radical (unpaired) electrons. The molecule has 1 N–H and O–H groups in total. The maximum absolute atomic E-state index is 12.6. The molecular formula is C34H43N3O2. The smallest absolute Gasteiger partial charge is 0.251 e. The minimum absolute atomic E-state index is 0.00842. The first-order chi connectivity index (χ1) is 19.2. The molecule has 0 saturated carbocycles. The molecule has 39 heavy (non-hydrogen) atoms. The van der Waals surface area contributed by atoms with E-state index in [-0.39, 0.29) is 12.0 Å². The molecule has 0 aromatic heterocycles. The Morgan fingerprint density at radius 1 is 0.846 bits per heavy atom. The first kappa shape index (κ1) is 27.4. The topological polar surface area (TPSA) is 44.8 Å². The highest BCUT2D eigenvalue weighted by molar-refractivity contribution is 5.94. The number of rotatable bonds is 10. The molecule has 2 aliphatic rings. The van der Waals surface area contributed by atoms with Gasteiger partial charge in [0, 0.05) is 50.2 Å². The summed E-state index contributed by atoms with van der Waals surface area (Å²) in [5.41, 5.74) is 3.43. The molecule has 2 heterocycles.